The summed E-state index contributed by atoms with van der Waals surface area (Å²) in [5.74, 6) is -0.189. The first-order valence-electron chi connectivity index (χ1n) is 6.44. The van der Waals surface area contributed by atoms with Gasteiger partial charge >= 0.3 is 0 Å². The lowest BCUT2D eigenvalue weighted by Gasteiger charge is -2.19. The Morgan fingerprint density at radius 3 is 2.53 bits per heavy atom. The molecule has 0 aliphatic carbocycles. The van der Waals surface area contributed by atoms with E-state index in [0.717, 1.165) is 22.1 Å². The SMILES string of the molecule is CCC(Cc1ccccc1)Nc1ccc(F)cc1I. The van der Waals surface area contributed by atoms with Crippen molar-refractivity contribution in [1.82, 2.24) is 0 Å². The van der Waals surface area contributed by atoms with E-state index in [1.54, 1.807) is 6.07 Å². The molecule has 0 radical (unpaired) electrons. The molecular weight excluding hydrogens is 352 g/mol. The molecule has 100 valence electrons. The summed E-state index contributed by atoms with van der Waals surface area (Å²) in [7, 11) is 0. The monoisotopic (exact) mass is 369 g/mol. The fourth-order valence-corrected chi connectivity index (χ4v) is 2.66. The van der Waals surface area contributed by atoms with Gasteiger partial charge in [0.1, 0.15) is 5.82 Å². The smallest absolute Gasteiger partial charge is 0.124 e. The Kier molecular flexibility index (Phi) is 5.19. The van der Waals surface area contributed by atoms with Crippen molar-refractivity contribution in [3.63, 3.8) is 0 Å². The molecule has 2 aromatic carbocycles. The molecule has 1 atom stereocenters. The second-order valence-electron chi connectivity index (χ2n) is 4.56. The van der Waals surface area contributed by atoms with E-state index in [0.29, 0.717) is 6.04 Å². The first-order valence-corrected chi connectivity index (χ1v) is 7.52. The van der Waals surface area contributed by atoms with Gasteiger partial charge in [-0.05, 0) is 59.2 Å². The lowest BCUT2D eigenvalue weighted by molar-refractivity contribution is 0.626. The maximum absolute atomic E-state index is 13.1. The van der Waals surface area contributed by atoms with Crippen molar-refractivity contribution in [1.29, 1.82) is 0 Å². The highest BCUT2D eigenvalue weighted by atomic mass is 127. The molecule has 1 N–H and O–H groups in total. The van der Waals surface area contributed by atoms with E-state index in [1.807, 2.05) is 12.1 Å². The number of halogens is 2. The van der Waals surface area contributed by atoms with Gasteiger partial charge in [0, 0.05) is 15.3 Å². The van der Waals surface area contributed by atoms with E-state index in [9.17, 15) is 4.39 Å². The Bertz CT molecular complexity index is 528. The number of anilines is 1. The average molecular weight is 369 g/mol. The zero-order valence-corrected chi connectivity index (χ0v) is 13.0. The second kappa shape index (κ2) is 6.89. The van der Waals surface area contributed by atoms with Crippen LogP contribution in [0.5, 0.6) is 0 Å². The van der Waals surface area contributed by atoms with Gasteiger partial charge < -0.3 is 5.32 Å². The van der Waals surface area contributed by atoms with E-state index in [-0.39, 0.29) is 5.82 Å². The highest BCUT2D eigenvalue weighted by molar-refractivity contribution is 14.1. The quantitative estimate of drug-likeness (QED) is 0.742. The molecular formula is C16H17FIN. The van der Waals surface area contributed by atoms with Crippen LogP contribution in [0.25, 0.3) is 0 Å². The van der Waals surface area contributed by atoms with Crippen molar-refractivity contribution in [2.75, 3.05) is 5.32 Å². The summed E-state index contributed by atoms with van der Waals surface area (Å²) in [6.07, 6.45) is 2.01. The highest BCUT2D eigenvalue weighted by Crippen LogP contribution is 2.21. The molecule has 0 amide bonds. The molecule has 0 aliphatic heterocycles. The minimum atomic E-state index is -0.189. The Labute approximate surface area is 127 Å². The van der Waals surface area contributed by atoms with E-state index in [2.05, 4.69) is 59.1 Å². The van der Waals surface area contributed by atoms with Crippen LogP contribution >= 0.6 is 22.6 Å². The summed E-state index contributed by atoms with van der Waals surface area (Å²) < 4.78 is 14.0. The Balaban J connectivity index is 2.06. The number of rotatable bonds is 5. The van der Waals surface area contributed by atoms with E-state index >= 15 is 0 Å². The maximum Gasteiger partial charge on any atom is 0.124 e. The van der Waals surface area contributed by atoms with Crippen molar-refractivity contribution in [3.05, 3.63) is 63.5 Å². The summed E-state index contributed by atoms with van der Waals surface area (Å²) in [4.78, 5) is 0. The van der Waals surface area contributed by atoms with E-state index in [4.69, 9.17) is 0 Å². The molecule has 19 heavy (non-hydrogen) atoms. The van der Waals surface area contributed by atoms with Crippen LogP contribution in [0.3, 0.4) is 0 Å². The zero-order valence-electron chi connectivity index (χ0n) is 10.9. The van der Waals surface area contributed by atoms with Crippen LogP contribution in [0.2, 0.25) is 0 Å². The fraction of sp³-hybridized carbons (Fsp3) is 0.250. The van der Waals surface area contributed by atoms with Crippen LogP contribution < -0.4 is 5.32 Å². The number of nitrogens with one attached hydrogen (secondary N) is 1. The van der Waals surface area contributed by atoms with Gasteiger partial charge in [0.25, 0.3) is 0 Å². The van der Waals surface area contributed by atoms with Crippen molar-refractivity contribution >= 4 is 28.3 Å². The van der Waals surface area contributed by atoms with E-state index in [1.165, 1.54) is 11.6 Å². The molecule has 0 aromatic heterocycles. The molecule has 0 fully saturated rings. The maximum atomic E-state index is 13.1. The summed E-state index contributed by atoms with van der Waals surface area (Å²) >= 11 is 2.16. The molecule has 0 spiro atoms. The van der Waals surface area contributed by atoms with Crippen molar-refractivity contribution in [2.45, 2.75) is 25.8 Å². The standard InChI is InChI=1S/C16H17FIN/c1-2-14(10-12-6-4-3-5-7-12)19-16-9-8-13(17)11-15(16)18/h3-9,11,14,19H,2,10H2,1H3. The number of hydrogen-bond acceptors (Lipinski definition) is 1. The summed E-state index contributed by atoms with van der Waals surface area (Å²) in [6.45, 7) is 2.16. The Morgan fingerprint density at radius 1 is 1.16 bits per heavy atom. The fourth-order valence-electron chi connectivity index (χ4n) is 2.02. The van der Waals surface area contributed by atoms with Gasteiger partial charge in [0.2, 0.25) is 0 Å². The van der Waals surface area contributed by atoms with Crippen LogP contribution in [0.15, 0.2) is 48.5 Å². The molecule has 2 aromatic rings. The lowest BCUT2D eigenvalue weighted by atomic mass is 10.0. The minimum Gasteiger partial charge on any atom is -0.381 e. The molecule has 3 heteroatoms. The van der Waals surface area contributed by atoms with Crippen molar-refractivity contribution in [3.8, 4) is 0 Å². The van der Waals surface area contributed by atoms with Gasteiger partial charge in [-0.25, -0.2) is 4.39 Å². The molecule has 0 saturated heterocycles. The van der Waals surface area contributed by atoms with Gasteiger partial charge in [-0.1, -0.05) is 37.3 Å². The third kappa shape index (κ3) is 4.20. The largest absolute Gasteiger partial charge is 0.381 e. The second-order valence-corrected chi connectivity index (χ2v) is 5.73. The molecule has 0 bridgehead atoms. The lowest BCUT2D eigenvalue weighted by Crippen LogP contribution is -2.21. The third-order valence-electron chi connectivity index (χ3n) is 3.11. The molecule has 1 unspecified atom stereocenters. The van der Waals surface area contributed by atoms with Crippen LogP contribution in [0.4, 0.5) is 10.1 Å². The average Bonchev–Trinajstić information content (AvgIpc) is 2.42. The van der Waals surface area contributed by atoms with Gasteiger partial charge in [-0.2, -0.15) is 0 Å². The van der Waals surface area contributed by atoms with Gasteiger partial charge in [0.05, 0.1) is 0 Å². The summed E-state index contributed by atoms with van der Waals surface area (Å²) in [6, 6.07) is 15.7. The first kappa shape index (κ1) is 14.3. The molecule has 0 saturated carbocycles. The van der Waals surface area contributed by atoms with Crippen LogP contribution in [0, 0.1) is 9.39 Å². The molecule has 2 rings (SSSR count). The Morgan fingerprint density at radius 2 is 1.89 bits per heavy atom. The van der Waals surface area contributed by atoms with Crippen molar-refractivity contribution < 1.29 is 4.39 Å². The molecule has 0 heterocycles. The van der Waals surface area contributed by atoms with Crippen LogP contribution in [-0.4, -0.2) is 6.04 Å². The number of hydrogen-bond donors (Lipinski definition) is 1. The zero-order chi connectivity index (χ0) is 13.7. The first-order chi connectivity index (χ1) is 9.19. The summed E-state index contributed by atoms with van der Waals surface area (Å²) in [5, 5.41) is 3.50. The van der Waals surface area contributed by atoms with Crippen molar-refractivity contribution in [2.24, 2.45) is 0 Å². The normalized spacial score (nSPS) is 12.2. The summed E-state index contributed by atoms with van der Waals surface area (Å²) in [5.41, 5.74) is 2.32. The molecule has 1 nitrogen and oxygen atoms in total. The van der Waals surface area contributed by atoms with Crippen LogP contribution in [-0.2, 0) is 6.42 Å². The predicted octanol–water partition coefficient (Wildman–Crippen LogP) is 4.86. The highest BCUT2D eigenvalue weighted by Gasteiger charge is 2.09. The minimum absolute atomic E-state index is 0.189. The predicted molar refractivity (Wildman–Crippen MR) is 87.0 cm³/mol. The van der Waals surface area contributed by atoms with Gasteiger partial charge in [-0.15, -0.1) is 0 Å². The topological polar surface area (TPSA) is 12.0 Å². The van der Waals surface area contributed by atoms with Gasteiger partial charge in [0.15, 0.2) is 0 Å². The number of benzene rings is 2. The van der Waals surface area contributed by atoms with Gasteiger partial charge in [-0.3, -0.25) is 0 Å². The van der Waals surface area contributed by atoms with E-state index < -0.39 is 0 Å². The Hall–Kier alpha value is -1.10. The third-order valence-corrected chi connectivity index (χ3v) is 4.00. The van der Waals surface area contributed by atoms with Crippen LogP contribution in [0.1, 0.15) is 18.9 Å². The molecule has 0 aliphatic rings.